The van der Waals surface area contributed by atoms with Crippen molar-refractivity contribution in [3.63, 3.8) is 0 Å². The van der Waals surface area contributed by atoms with Crippen molar-refractivity contribution < 1.29 is 52.1 Å². The molecule has 0 aromatic heterocycles. The molecule has 0 spiro atoms. The van der Waals surface area contributed by atoms with Crippen molar-refractivity contribution in [1.82, 2.24) is 0 Å². The monoisotopic (exact) mass is 255 g/mol. The van der Waals surface area contributed by atoms with E-state index in [-0.39, 0.29) is 17.1 Å². The summed E-state index contributed by atoms with van der Waals surface area (Å²) in [5.41, 5.74) is 0. The van der Waals surface area contributed by atoms with Crippen LogP contribution in [0, 0.1) is 0 Å². The number of hydrogen-bond acceptors (Lipinski definition) is 8. The van der Waals surface area contributed by atoms with Gasteiger partial charge in [-0.15, -0.1) is 0 Å². The summed E-state index contributed by atoms with van der Waals surface area (Å²) in [4.78, 5) is 0. The fraction of sp³-hybridized carbons (Fsp3) is 0. The van der Waals surface area contributed by atoms with Gasteiger partial charge in [-0.2, -0.15) is 0 Å². The number of hydrogen-bond donors (Lipinski definition) is 0. The van der Waals surface area contributed by atoms with E-state index in [0.29, 0.717) is 0 Å². The van der Waals surface area contributed by atoms with Gasteiger partial charge in [-0.3, -0.25) is 16.8 Å². The Kier molecular flexibility index (Phi) is 9.24. The van der Waals surface area contributed by atoms with Crippen LogP contribution in [0.5, 0.6) is 0 Å². The van der Waals surface area contributed by atoms with Crippen molar-refractivity contribution in [3.05, 3.63) is 0 Å². The van der Waals surface area contributed by atoms with Gasteiger partial charge in [-0.1, -0.05) is 0 Å². The molecular formula is CuO8S2. The zero-order valence-electron chi connectivity index (χ0n) is 4.38. The average Bonchev–Trinajstić information content (AvgIpc) is 1.12. The second kappa shape index (κ2) is 5.85. The minimum absolute atomic E-state index is 0. The fourth-order valence-electron chi connectivity index (χ4n) is 0. The van der Waals surface area contributed by atoms with Crippen molar-refractivity contribution >= 4 is 20.8 Å². The smallest absolute Gasteiger partial charge is 0.759 e. The molecule has 0 aliphatic rings. The molecule has 0 aromatic carbocycles. The summed E-state index contributed by atoms with van der Waals surface area (Å²) in [6, 6.07) is 0. The molecule has 0 amide bonds. The normalized spacial score (nSPS) is 10.5. The van der Waals surface area contributed by atoms with Crippen LogP contribution in [0.2, 0.25) is 0 Å². The molecule has 11 heteroatoms. The molecule has 0 saturated carbocycles. The molecule has 0 rings (SSSR count). The summed E-state index contributed by atoms with van der Waals surface area (Å²) in [6.45, 7) is 0. The summed E-state index contributed by atoms with van der Waals surface area (Å²) in [5, 5.41) is 0. The second-order valence-electron chi connectivity index (χ2n) is 0.816. The zero-order chi connectivity index (χ0) is 9.00. The van der Waals surface area contributed by atoms with Crippen molar-refractivity contribution in [2.45, 2.75) is 0 Å². The molecule has 0 heterocycles. The predicted octanol–water partition coefficient (Wildman–Crippen LogP) is -2.68. The summed E-state index contributed by atoms with van der Waals surface area (Å²) in [6.07, 6.45) is 0. The van der Waals surface area contributed by atoms with Gasteiger partial charge in [0.15, 0.2) is 0 Å². The summed E-state index contributed by atoms with van der Waals surface area (Å²) in [5.74, 6) is 0. The van der Waals surface area contributed by atoms with Crippen LogP contribution in [0.1, 0.15) is 0 Å². The standard InChI is InChI=1S/Cu.2H2O4S/c;2*1-5(2,3)4/h;2*(H2,1,2,3,4)/q+4;;/p-4. The maximum absolute atomic E-state index is 8.52. The fourth-order valence-corrected chi connectivity index (χ4v) is 0. The van der Waals surface area contributed by atoms with Crippen LogP contribution in [0.25, 0.3) is 0 Å². The first-order chi connectivity index (χ1) is 4.00. The zero-order valence-corrected chi connectivity index (χ0v) is 6.96. The minimum atomic E-state index is -5.17. The minimum Gasteiger partial charge on any atom is -0.759 e. The molecule has 11 heavy (non-hydrogen) atoms. The Morgan fingerprint density at radius 3 is 0.636 bits per heavy atom. The first kappa shape index (κ1) is 17.4. The Balaban J connectivity index is -0.000000107. The molecule has 0 saturated heterocycles. The topological polar surface area (TPSA) is 161 Å². The molecule has 0 bridgehead atoms. The van der Waals surface area contributed by atoms with Gasteiger partial charge in [0.2, 0.25) is 0 Å². The van der Waals surface area contributed by atoms with E-state index >= 15 is 0 Å². The summed E-state index contributed by atoms with van der Waals surface area (Å²) >= 11 is 0. The van der Waals surface area contributed by atoms with E-state index < -0.39 is 20.8 Å². The molecule has 0 fully saturated rings. The van der Waals surface area contributed by atoms with Crippen LogP contribution in [0.3, 0.4) is 0 Å². The van der Waals surface area contributed by atoms with Crippen LogP contribution in [0.15, 0.2) is 0 Å². The predicted molar refractivity (Wildman–Crippen MR) is 20.9 cm³/mol. The van der Waals surface area contributed by atoms with Crippen LogP contribution < -0.4 is 0 Å². The van der Waals surface area contributed by atoms with E-state index in [1.165, 1.54) is 0 Å². The average molecular weight is 256 g/mol. The van der Waals surface area contributed by atoms with E-state index in [2.05, 4.69) is 0 Å². The van der Waals surface area contributed by atoms with E-state index in [9.17, 15) is 0 Å². The molecule has 0 aliphatic carbocycles. The SMILES string of the molecule is O=S(=O)([O-])[O-].O=S(=O)([O-])[O-].[Cu+4]. The Morgan fingerprint density at radius 2 is 0.636 bits per heavy atom. The Labute approximate surface area is 73.2 Å². The van der Waals surface area contributed by atoms with Gasteiger partial charge in [-0.05, 0) is 0 Å². The van der Waals surface area contributed by atoms with Gasteiger partial charge in [0, 0.05) is 20.8 Å². The van der Waals surface area contributed by atoms with Crippen LogP contribution in [-0.4, -0.2) is 35.0 Å². The molecule has 0 atom stereocenters. The van der Waals surface area contributed by atoms with Crippen LogP contribution >= 0.6 is 0 Å². The molecule has 0 aromatic rings. The molecule has 0 N–H and O–H groups in total. The van der Waals surface area contributed by atoms with E-state index in [1.54, 1.807) is 0 Å². The molecule has 71 valence electrons. The Bertz CT molecular complexity index is 208. The third-order valence-corrected chi connectivity index (χ3v) is 0. The molecule has 0 unspecified atom stereocenters. The molecule has 0 aliphatic heterocycles. The van der Waals surface area contributed by atoms with Crippen LogP contribution in [0.4, 0.5) is 0 Å². The van der Waals surface area contributed by atoms with Gasteiger partial charge in [-0.25, -0.2) is 0 Å². The maximum atomic E-state index is 8.52. The third-order valence-electron chi connectivity index (χ3n) is 0. The second-order valence-corrected chi connectivity index (χ2v) is 2.45. The van der Waals surface area contributed by atoms with Crippen molar-refractivity contribution in [3.8, 4) is 0 Å². The van der Waals surface area contributed by atoms with Gasteiger partial charge < -0.3 is 18.2 Å². The van der Waals surface area contributed by atoms with Gasteiger partial charge in [0.1, 0.15) is 0 Å². The molecule has 1 radical (unpaired) electrons. The van der Waals surface area contributed by atoms with Gasteiger partial charge in [0.25, 0.3) is 0 Å². The first-order valence-corrected chi connectivity index (χ1v) is 4.00. The molecule has 8 nitrogen and oxygen atoms in total. The summed E-state index contributed by atoms with van der Waals surface area (Å²) < 4.78 is 68.2. The van der Waals surface area contributed by atoms with Gasteiger partial charge >= 0.3 is 17.1 Å². The largest absolute Gasteiger partial charge is 4.00 e. The molecular weight excluding hydrogens is 256 g/mol. The van der Waals surface area contributed by atoms with E-state index in [0.717, 1.165) is 0 Å². The Morgan fingerprint density at radius 1 is 0.636 bits per heavy atom. The Hall–Kier alpha value is 0.259. The first-order valence-electron chi connectivity index (χ1n) is 1.33. The van der Waals surface area contributed by atoms with E-state index in [1.807, 2.05) is 0 Å². The third kappa shape index (κ3) is 10400. The van der Waals surface area contributed by atoms with Gasteiger partial charge in [0.05, 0.1) is 0 Å². The van der Waals surface area contributed by atoms with Crippen LogP contribution in [-0.2, 0) is 37.9 Å². The maximum Gasteiger partial charge on any atom is 4.00 e. The van der Waals surface area contributed by atoms with Crippen molar-refractivity contribution in [2.24, 2.45) is 0 Å². The van der Waals surface area contributed by atoms with E-state index in [4.69, 9.17) is 35.0 Å². The number of rotatable bonds is 0. The summed E-state index contributed by atoms with van der Waals surface area (Å²) in [7, 11) is -10.3. The van der Waals surface area contributed by atoms with Crippen molar-refractivity contribution in [1.29, 1.82) is 0 Å². The van der Waals surface area contributed by atoms with Crippen molar-refractivity contribution in [2.75, 3.05) is 0 Å². The quantitative estimate of drug-likeness (QED) is 0.257.